The molecule has 1 aliphatic heterocycles. The lowest BCUT2D eigenvalue weighted by Crippen LogP contribution is -2.36. The van der Waals surface area contributed by atoms with Gasteiger partial charge in [-0.15, -0.1) is 0 Å². The van der Waals surface area contributed by atoms with Crippen LogP contribution < -0.4 is 10.5 Å². The van der Waals surface area contributed by atoms with Crippen molar-refractivity contribution in [2.75, 3.05) is 19.8 Å². The van der Waals surface area contributed by atoms with Gasteiger partial charge in [0.2, 0.25) is 0 Å². The second kappa shape index (κ2) is 5.66. The fourth-order valence-electron chi connectivity index (χ4n) is 1.77. The molecule has 88 valence electrons. The molecule has 0 radical (unpaired) electrons. The predicted octanol–water partition coefficient (Wildman–Crippen LogP) is 2.19. The molecule has 2 atom stereocenters. The highest BCUT2D eigenvalue weighted by Gasteiger charge is 2.23. The molecule has 1 fully saturated rings. The van der Waals surface area contributed by atoms with E-state index >= 15 is 0 Å². The molecule has 1 heterocycles. The highest BCUT2D eigenvalue weighted by molar-refractivity contribution is 9.10. The molecule has 0 spiro atoms. The predicted molar refractivity (Wildman–Crippen MR) is 66.5 cm³/mol. The molecule has 1 aromatic carbocycles. The van der Waals surface area contributed by atoms with Crippen LogP contribution in [0.5, 0.6) is 5.75 Å². The average Bonchev–Trinajstić information content (AvgIpc) is 2.81. The number of nitrogens with two attached hydrogens (primary N) is 1. The third-order valence-corrected chi connectivity index (χ3v) is 3.49. The fourth-order valence-corrected chi connectivity index (χ4v) is 2.17. The summed E-state index contributed by atoms with van der Waals surface area (Å²) in [4.78, 5) is 0. The lowest BCUT2D eigenvalue weighted by molar-refractivity contribution is 0.170. The summed E-state index contributed by atoms with van der Waals surface area (Å²) in [6.07, 6.45) is 1.04. The Bertz CT molecular complexity index is 340. The first-order valence-electron chi connectivity index (χ1n) is 5.48. The molecule has 2 N–H and O–H groups in total. The topological polar surface area (TPSA) is 44.5 Å². The van der Waals surface area contributed by atoms with E-state index in [1.165, 1.54) is 0 Å². The number of rotatable bonds is 4. The molecule has 4 heteroatoms. The van der Waals surface area contributed by atoms with Crippen LogP contribution in [0.3, 0.4) is 0 Å². The molecular formula is C12H16BrNO2. The van der Waals surface area contributed by atoms with E-state index in [4.69, 9.17) is 15.2 Å². The number of hydrogen-bond donors (Lipinski definition) is 1. The lowest BCUT2D eigenvalue weighted by atomic mass is 10.0. The fraction of sp³-hybridized carbons (Fsp3) is 0.500. The van der Waals surface area contributed by atoms with E-state index in [2.05, 4.69) is 15.9 Å². The summed E-state index contributed by atoms with van der Waals surface area (Å²) in [6.45, 7) is 2.13. The summed E-state index contributed by atoms with van der Waals surface area (Å²) >= 11 is 3.44. The van der Waals surface area contributed by atoms with Gasteiger partial charge in [0, 0.05) is 18.6 Å². The van der Waals surface area contributed by atoms with Gasteiger partial charge in [-0.05, 0) is 34.5 Å². The molecule has 16 heavy (non-hydrogen) atoms. The van der Waals surface area contributed by atoms with Gasteiger partial charge in [0.1, 0.15) is 12.4 Å². The van der Waals surface area contributed by atoms with Gasteiger partial charge < -0.3 is 15.2 Å². The van der Waals surface area contributed by atoms with E-state index in [1.54, 1.807) is 0 Å². The Hall–Kier alpha value is -0.580. The SMILES string of the molecule is NC(COc1ccccc1Br)C1CCOC1. The van der Waals surface area contributed by atoms with E-state index in [0.717, 1.165) is 29.9 Å². The Morgan fingerprint density at radius 2 is 2.31 bits per heavy atom. The molecule has 0 bridgehead atoms. The van der Waals surface area contributed by atoms with Crippen molar-refractivity contribution in [2.24, 2.45) is 11.7 Å². The monoisotopic (exact) mass is 285 g/mol. The molecule has 1 aliphatic rings. The quantitative estimate of drug-likeness (QED) is 0.922. The minimum atomic E-state index is 0.0506. The van der Waals surface area contributed by atoms with Gasteiger partial charge in [0.25, 0.3) is 0 Å². The highest BCUT2D eigenvalue weighted by Crippen LogP contribution is 2.24. The van der Waals surface area contributed by atoms with Crippen LogP contribution in [-0.2, 0) is 4.74 Å². The van der Waals surface area contributed by atoms with Crippen LogP contribution >= 0.6 is 15.9 Å². The molecular weight excluding hydrogens is 270 g/mol. The van der Waals surface area contributed by atoms with Crippen molar-refractivity contribution in [2.45, 2.75) is 12.5 Å². The van der Waals surface area contributed by atoms with Gasteiger partial charge in [-0.3, -0.25) is 0 Å². The Morgan fingerprint density at radius 3 is 3.00 bits per heavy atom. The van der Waals surface area contributed by atoms with Gasteiger partial charge in [-0.25, -0.2) is 0 Å². The standard InChI is InChI=1S/C12H16BrNO2/c13-10-3-1-2-4-12(10)16-8-11(14)9-5-6-15-7-9/h1-4,9,11H,5-8,14H2. The Kier molecular flexibility index (Phi) is 4.21. The minimum Gasteiger partial charge on any atom is -0.491 e. The third kappa shape index (κ3) is 2.97. The van der Waals surface area contributed by atoms with Crippen molar-refractivity contribution in [3.8, 4) is 5.75 Å². The maximum Gasteiger partial charge on any atom is 0.133 e. The van der Waals surface area contributed by atoms with Crippen LogP contribution in [-0.4, -0.2) is 25.9 Å². The minimum absolute atomic E-state index is 0.0506. The van der Waals surface area contributed by atoms with E-state index in [-0.39, 0.29) is 6.04 Å². The van der Waals surface area contributed by atoms with Crippen molar-refractivity contribution >= 4 is 15.9 Å². The van der Waals surface area contributed by atoms with E-state index < -0.39 is 0 Å². The molecule has 0 amide bonds. The Labute approximate surface area is 104 Å². The second-order valence-corrected chi connectivity index (χ2v) is 4.88. The molecule has 2 unspecified atom stereocenters. The van der Waals surface area contributed by atoms with Crippen molar-refractivity contribution in [1.29, 1.82) is 0 Å². The second-order valence-electron chi connectivity index (χ2n) is 4.03. The summed E-state index contributed by atoms with van der Waals surface area (Å²) in [6, 6.07) is 7.85. The number of halogens is 1. The normalized spacial score (nSPS) is 22.0. The van der Waals surface area contributed by atoms with Gasteiger partial charge in [0.15, 0.2) is 0 Å². The van der Waals surface area contributed by atoms with Crippen molar-refractivity contribution < 1.29 is 9.47 Å². The average molecular weight is 286 g/mol. The summed E-state index contributed by atoms with van der Waals surface area (Å²) in [5, 5.41) is 0. The maximum atomic E-state index is 6.06. The van der Waals surface area contributed by atoms with Crippen LogP contribution in [0.4, 0.5) is 0 Å². The molecule has 0 saturated carbocycles. The Morgan fingerprint density at radius 1 is 1.50 bits per heavy atom. The van der Waals surface area contributed by atoms with E-state index in [1.807, 2.05) is 24.3 Å². The zero-order valence-corrected chi connectivity index (χ0v) is 10.7. The summed E-state index contributed by atoms with van der Waals surface area (Å²) in [5.41, 5.74) is 6.06. The van der Waals surface area contributed by atoms with Crippen molar-refractivity contribution in [3.05, 3.63) is 28.7 Å². The summed E-state index contributed by atoms with van der Waals surface area (Å²) in [5.74, 6) is 1.28. The lowest BCUT2D eigenvalue weighted by Gasteiger charge is -2.18. The van der Waals surface area contributed by atoms with Crippen LogP contribution in [0.1, 0.15) is 6.42 Å². The smallest absolute Gasteiger partial charge is 0.133 e. The first-order chi connectivity index (χ1) is 7.77. The first kappa shape index (κ1) is 11.9. The highest BCUT2D eigenvalue weighted by atomic mass is 79.9. The molecule has 2 rings (SSSR count). The number of ether oxygens (including phenoxy) is 2. The largest absolute Gasteiger partial charge is 0.491 e. The molecule has 1 saturated heterocycles. The van der Waals surface area contributed by atoms with Crippen LogP contribution in [0, 0.1) is 5.92 Å². The Balaban J connectivity index is 1.84. The number of hydrogen-bond acceptors (Lipinski definition) is 3. The van der Waals surface area contributed by atoms with Gasteiger partial charge in [-0.1, -0.05) is 12.1 Å². The number of para-hydroxylation sites is 1. The summed E-state index contributed by atoms with van der Waals surface area (Å²) in [7, 11) is 0. The van der Waals surface area contributed by atoms with Crippen molar-refractivity contribution in [1.82, 2.24) is 0 Å². The van der Waals surface area contributed by atoms with E-state index in [0.29, 0.717) is 12.5 Å². The van der Waals surface area contributed by atoms with Crippen LogP contribution in [0.15, 0.2) is 28.7 Å². The van der Waals surface area contributed by atoms with Crippen LogP contribution in [0.25, 0.3) is 0 Å². The molecule has 0 aliphatic carbocycles. The zero-order chi connectivity index (χ0) is 11.4. The van der Waals surface area contributed by atoms with Gasteiger partial charge in [-0.2, -0.15) is 0 Å². The number of benzene rings is 1. The van der Waals surface area contributed by atoms with Crippen molar-refractivity contribution in [3.63, 3.8) is 0 Å². The molecule has 3 nitrogen and oxygen atoms in total. The van der Waals surface area contributed by atoms with E-state index in [9.17, 15) is 0 Å². The first-order valence-corrected chi connectivity index (χ1v) is 6.27. The van der Waals surface area contributed by atoms with Gasteiger partial charge in [0.05, 0.1) is 11.1 Å². The third-order valence-electron chi connectivity index (χ3n) is 2.84. The molecule has 0 aromatic heterocycles. The molecule has 1 aromatic rings. The maximum absolute atomic E-state index is 6.06. The summed E-state index contributed by atoms with van der Waals surface area (Å²) < 4.78 is 12.0. The zero-order valence-electron chi connectivity index (χ0n) is 9.06. The van der Waals surface area contributed by atoms with Crippen LogP contribution in [0.2, 0.25) is 0 Å². The van der Waals surface area contributed by atoms with Gasteiger partial charge >= 0.3 is 0 Å².